The molecule has 94 valence electrons. The summed E-state index contributed by atoms with van der Waals surface area (Å²) in [6.45, 7) is 0. The van der Waals surface area contributed by atoms with Crippen molar-refractivity contribution in [2.75, 3.05) is 5.32 Å². The van der Waals surface area contributed by atoms with Gasteiger partial charge in [-0.25, -0.2) is 0 Å². The Bertz CT molecular complexity index is 602. The number of rotatable bonds is 3. The molecule has 0 spiro atoms. The van der Waals surface area contributed by atoms with Crippen LogP contribution in [0.5, 0.6) is 0 Å². The number of nitrogens with one attached hydrogen (secondary N) is 1. The monoisotopic (exact) mass is 408 g/mol. The van der Waals surface area contributed by atoms with Crippen molar-refractivity contribution in [2.45, 2.75) is 0 Å². The van der Waals surface area contributed by atoms with Gasteiger partial charge in [0, 0.05) is 4.47 Å². The van der Waals surface area contributed by atoms with E-state index in [-0.39, 0.29) is 5.91 Å². The van der Waals surface area contributed by atoms with Crippen LogP contribution in [0.3, 0.4) is 0 Å². The molecular formula is C10H6Br2N2O2S2. The molecule has 0 saturated heterocycles. The summed E-state index contributed by atoms with van der Waals surface area (Å²) in [6, 6.07) is 3.30. The lowest BCUT2D eigenvalue weighted by Crippen LogP contribution is -2.15. The molecule has 0 radical (unpaired) electrons. The topological polar surface area (TPSA) is 72.2 Å². The summed E-state index contributed by atoms with van der Waals surface area (Å²) in [5.74, 6) is -0.823. The lowest BCUT2D eigenvalue weighted by Gasteiger charge is -2.02. The Morgan fingerprint density at radius 3 is 2.61 bits per heavy atom. The molecule has 3 N–H and O–H groups in total. The average Bonchev–Trinajstić information content (AvgIpc) is 2.87. The van der Waals surface area contributed by atoms with Crippen LogP contribution >= 0.6 is 54.5 Å². The highest BCUT2D eigenvalue weighted by molar-refractivity contribution is 9.13. The van der Waals surface area contributed by atoms with E-state index in [1.807, 2.05) is 0 Å². The Balaban J connectivity index is 2.21. The van der Waals surface area contributed by atoms with E-state index in [0.717, 1.165) is 8.26 Å². The molecule has 0 aromatic carbocycles. The normalized spacial score (nSPS) is 10.3. The zero-order chi connectivity index (χ0) is 13.3. The van der Waals surface area contributed by atoms with E-state index in [2.05, 4.69) is 37.2 Å². The SMILES string of the molecule is NC(=O)c1ccsc1NC(=O)c1cc(Br)c(Br)s1. The van der Waals surface area contributed by atoms with Gasteiger partial charge in [0.25, 0.3) is 11.8 Å². The highest BCUT2D eigenvalue weighted by atomic mass is 79.9. The summed E-state index contributed by atoms with van der Waals surface area (Å²) in [5, 5.41) is 4.85. The third-order valence-electron chi connectivity index (χ3n) is 2.03. The molecule has 0 saturated carbocycles. The van der Waals surface area contributed by atoms with Gasteiger partial charge in [-0.1, -0.05) is 0 Å². The number of halogens is 2. The van der Waals surface area contributed by atoms with Crippen molar-refractivity contribution >= 4 is 71.3 Å². The zero-order valence-corrected chi connectivity index (χ0v) is 13.5. The number of carbonyl (C=O) groups is 2. The van der Waals surface area contributed by atoms with Crippen molar-refractivity contribution < 1.29 is 9.59 Å². The van der Waals surface area contributed by atoms with Crippen molar-refractivity contribution in [2.24, 2.45) is 5.73 Å². The minimum Gasteiger partial charge on any atom is -0.366 e. The van der Waals surface area contributed by atoms with Crippen LogP contribution in [0.15, 0.2) is 25.8 Å². The number of nitrogens with two attached hydrogens (primary N) is 1. The van der Waals surface area contributed by atoms with E-state index < -0.39 is 5.91 Å². The van der Waals surface area contributed by atoms with Crippen LogP contribution in [0.4, 0.5) is 5.00 Å². The van der Waals surface area contributed by atoms with Gasteiger partial charge in [-0.15, -0.1) is 22.7 Å². The molecule has 0 atom stereocenters. The van der Waals surface area contributed by atoms with Gasteiger partial charge >= 0.3 is 0 Å². The molecule has 4 nitrogen and oxygen atoms in total. The summed E-state index contributed by atoms with van der Waals surface area (Å²) >= 11 is 9.20. The minimum absolute atomic E-state index is 0.267. The van der Waals surface area contributed by atoms with Crippen molar-refractivity contribution in [1.29, 1.82) is 0 Å². The van der Waals surface area contributed by atoms with Gasteiger partial charge in [0.2, 0.25) is 0 Å². The van der Waals surface area contributed by atoms with Crippen molar-refractivity contribution in [1.82, 2.24) is 0 Å². The molecule has 0 aliphatic heterocycles. The molecule has 2 aromatic rings. The summed E-state index contributed by atoms with van der Waals surface area (Å²) in [7, 11) is 0. The van der Waals surface area contributed by atoms with Gasteiger partial charge in [0.1, 0.15) is 5.00 Å². The largest absolute Gasteiger partial charge is 0.366 e. The Morgan fingerprint density at radius 1 is 1.33 bits per heavy atom. The Hall–Kier alpha value is -0.700. The highest BCUT2D eigenvalue weighted by Crippen LogP contribution is 2.33. The molecule has 2 amide bonds. The Morgan fingerprint density at radius 2 is 2.06 bits per heavy atom. The van der Waals surface area contributed by atoms with E-state index in [1.54, 1.807) is 17.5 Å². The molecule has 0 fully saturated rings. The summed E-state index contributed by atoms with van der Waals surface area (Å²) in [6.07, 6.45) is 0. The predicted octanol–water partition coefficient (Wildman–Crippen LogP) is 3.69. The van der Waals surface area contributed by atoms with E-state index in [9.17, 15) is 9.59 Å². The fourth-order valence-electron chi connectivity index (χ4n) is 1.22. The van der Waals surface area contributed by atoms with Crippen LogP contribution in [-0.2, 0) is 0 Å². The molecule has 0 aliphatic rings. The number of thiophene rings is 2. The first-order valence-corrected chi connectivity index (χ1v) is 7.90. The average molecular weight is 410 g/mol. The van der Waals surface area contributed by atoms with E-state index in [4.69, 9.17) is 5.73 Å². The van der Waals surface area contributed by atoms with Crippen LogP contribution in [-0.4, -0.2) is 11.8 Å². The standard InChI is InChI=1S/C10H6Br2N2O2S2/c11-5-3-6(18-7(5)12)9(16)14-10-4(8(13)15)1-2-17-10/h1-3H,(H2,13,15)(H,14,16). The predicted molar refractivity (Wildman–Crippen MR) is 80.5 cm³/mol. The van der Waals surface area contributed by atoms with Gasteiger partial charge in [0.15, 0.2) is 0 Å². The molecule has 2 aromatic heterocycles. The van der Waals surface area contributed by atoms with Gasteiger partial charge in [0.05, 0.1) is 14.2 Å². The molecular weight excluding hydrogens is 404 g/mol. The lowest BCUT2D eigenvalue weighted by atomic mass is 10.3. The molecule has 2 rings (SSSR count). The smallest absolute Gasteiger partial charge is 0.266 e. The number of hydrogen-bond acceptors (Lipinski definition) is 4. The second-order valence-corrected chi connectivity index (χ2v) is 7.35. The van der Waals surface area contributed by atoms with Crippen LogP contribution < -0.4 is 11.1 Å². The molecule has 2 heterocycles. The molecule has 0 unspecified atom stereocenters. The van der Waals surface area contributed by atoms with E-state index in [0.29, 0.717) is 15.4 Å². The maximum Gasteiger partial charge on any atom is 0.266 e. The van der Waals surface area contributed by atoms with Crippen molar-refractivity contribution in [3.8, 4) is 0 Å². The first kappa shape index (κ1) is 13.7. The van der Waals surface area contributed by atoms with Crippen LogP contribution in [0.25, 0.3) is 0 Å². The first-order chi connectivity index (χ1) is 8.49. The zero-order valence-electron chi connectivity index (χ0n) is 8.70. The number of anilines is 1. The fraction of sp³-hybridized carbons (Fsp3) is 0. The number of carbonyl (C=O) groups excluding carboxylic acids is 2. The lowest BCUT2D eigenvalue weighted by molar-refractivity contribution is 0.100. The molecule has 0 bridgehead atoms. The quantitative estimate of drug-likeness (QED) is 0.811. The third-order valence-corrected chi connectivity index (χ3v) is 6.11. The second-order valence-electron chi connectivity index (χ2n) is 3.21. The summed E-state index contributed by atoms with van der Waals surface area (Å²) in [4.78, 5) is 23.6. The van der Waals surface area contributed by atoms with Gasteiger partial charge in [-0.3, -0.25) is 9.59 Å². The molecule has 18 heavy (non-hydrogen) atoms. The molecule has 0 aliphatic carbocycles. The van der Waals surface area contributed by atoms with Crippen molar-refractivity contribution in [3.05, 3.63) is 36.2 Å². The summed E-state index contributed by atoms with van der Waals surface area (Å²) in [5.41, 5.74) is 5.53. The van der Waals surface area contributed by atoms with Gasteiger partial charge in [-0.05, 0) is 49.4 Å². The number of amides is 2. The van der Waals surface area contributed by atoms with Crippen LogP contribution in [0.1, 0.15) is 20.0 Å². The Kier molecular flexibility index (Phi) is 4.21. The molecule has 8 heteroatoms. The maximum atomic E-state index is 12.0. The van der Waals surface area contributed by atoms with E-state index >= 15 is 0 Å². The number of hydrogen-bond donors (Lipinski definition) is 2. The maximum absolute atomic E-state index is 12.0. The van der Waals surface area contributed by atoms with E-state index in [1.165, 1.54) is 22.7 Å². The summed E-state index contributed by atoms with van der Waals surface area (Å²) < 4.78 is 1.66. The minimum atomic E-state index is -0.555. The first-order valence-electron chi connectivity index (χ1n) is 4.62. The third kappa shape index (κ3) is 2.82. The van der Waals surface area contributed by atoms with Gasteiger partial charge in [-0.2, -0.15) is 0 Å². The van der Waals surface area contributed by atoms with Crippen LogP contribution in [0.2, 0.25) is 0 Å². The Labute approximate surface area is 127 Å². The number of primary amides is 1. The highest BCUT2D eigenvalue weighted by Gasteiger charge is 2.16. The second kappa shape index (κ2) is 5.52. The van der Waals surface area contributed by atoms with Gasteiger partial charge < -0.3 is 11.1 Å². The van der Waals surface area contributed by atoms with Crippen molar-refractivity contribution in [3.63, 3.8) is 0 Å². The van der Waals surface area contributed by atoms with Crippen LogP contribution in [0, 0.1) is 0 Å². The fourth-order valence-corrected chi connectivity index (χ4v) is 3.94.